The normalized spacial score (nSPS) is 23.4. The molecule has 19 heavy (non-hydrogen) atoms. The highest BCUT2D eigenvalue weighted by Crippen LogP contribution is 2.22. The highest BCUT2D eigenvalue weighted by atomic mass is 19.1. The quantitative estimate of drug-likeness (QED) is 0.832. The Labute approximate surface area is 112 Å². The number of carbonyl (C=O) groups is 1. The van der Waals surface area contributed by atoms with Crippen LogP contribution in [0.4, 0.5) is 10.1 Å². The smallest absolute Gasteiger partial charge is 0.256 e. The van der Waals surface area contributed by atoms with Crippen LogP contribution in [0.2, 0.25) is 0 Å². The summed E-state index contributed by atoms with van der Waals surface area (Å²) in [6, 6.07) is 4.15. The average molecular weight is 266 g/mol. The number of likely N-dealkylation sites (tertiary alicyclic amines) is 1. The van der Waals surface area contributed by atoms with Crippen molar-refractivity contribution in [3.8, 4) is 0 Å². The molecule has 1 aromatic rings. The van der Waals surface area contributed by atoms with Gasteiger partial charge in [0.1, 0.15) is 5.82 Å². The van der Waals surface area contributed by atoms with Crippen molar-refractivity contribution < 1.29 is 13.9 Å². The van der Waals surface area contributed by atoms with Crippen molar-refractivity contribution in [3.05, 3.63) is 29.6 Å². The molecular formula is C14H19FN2O2. The number of halogens is 1. The van der Waals surface area contributed by atoms with Crippen LogP contribution in [0.5, 0.6) is 0 Å². The first kappa shape index (κ1) is 13.8. The molecule has 1 aliphatic heterocycles. The van der Waals surface area contributed by atoms with E-state index in [0.29, 0.717) is 24.7 Å². The molecule has 4 nitrogen and oxygen atoms in total. The van der Waals surface area contributed by atoms with Gasteiger partial charge in [0.15, 0.2) is 0 Å². The van der Waals surface area contributed by atoms with Crippen molar-refractivity contribution in [2.75, 3.05) is 25.9 Å². The Balaban J connectivity index is 2.15. The number of nitrogens with two attached hydrogens (primary N) is 1. The summed E-state index contributed by atoms with van der Waals surface area (Å²) in [7, 11) is 1.64. The van der Waals surface area contributed by atoms with Crippen LogP contribution in [0.3, 0.4) is 0 Å². The van der Waals surface area contributed by atoms with E-state index in [-0.39, 0.29) is 17.6 Å². The number of anilines is 1. The third kappa shape index (κ3) is 2.87. The molecule has 2 atom stereocenters. The lowest BCUT2D eigenvalue weighted by Gasteiger charge is -2.36. The number of ether oxygens (including phenoxy) is 1. The SMILES string of the molecule is COC1CN(C(=O)c2ccc(N)cc2F)CCC1C. The third-order valence-corrected chi connectivity index (χ3v) is 3.70. The van der Waals surface area contributed by atoms with Gasteiger partial charge in [-0.15, -0.1) is 0 Å². The van der Waals surface area contributed by atoms with Gasteiger partial charge in [-0.25, -0.2) is 4.39 Å². The fraction of sp³-hybridized carbons (Fsp3) is 0.500. The van der Waals surface area contributed by atoms with Gasteiger partial charge in [0.2, 0.25) is 0 Å². The maximum Gasteiger partial charge on any atom is 0.256 e. The van der Waals surface area contributed by atoms with E-state index >= 15 is 0 Å². The summed E-state index contributed by atoms with van der Waals surface area (Å²) < 4.78 is 19.1. The fourth-order valence-corrected chi connectivity index (χ4v) is 2.40. The van der Waals surface area contributed by atoms with E-state index < -0.39 is 5.82 Å². The minimum Gasteiger partial charge on any atom is -0.399 e. The molecule has 0 bridgehead atoms. The lowest BCUT2D eigenvalue weighted by Crippen LogP contribution is -2.46. The molecule has 0 aliphatic carbocycles. The monoisotopic (exact) mass is 266 g/mol. The van der Waals surface area contributed by atoms with Gasteiger partial charge in [0.25, 0.3) is 5.91 Å². The van der Waals surface area contributed by atoms with Crippen LogP contribution >= 0.6 is 0 Å². The van der Waals surface area contributed by atoms with E-state index in [4.69, 9.17) is 10.5 Å². The van der Waals surface area contributed by atoms with E-state index in [1.54, 1.807) is 12.0 Å². The Morgan fingerprint density at radius 2 is 2.26 bits per heavy atom. The molecule has 1 amide bonds. The highest BCUT2D eigenvalue weighted by Gasteiger charge is 2.30. The van der Waals surface area contributed by atoms with Gasteiger partial charge in [-0.3, -0.25) is 4.79 Å². The van der Waals surface area contributed by atoms with Crippen LogP contribution in [0.15, 0.2) is 18.2 Å². The van der Waals surface area contributed by atoms with Crippen molar-refractivity contribution in [2.24, 2.45) is 5.92 Å². The average Bonchev–Trinajstić information content (AvgIpc) is 2.38. The number of carbonyl (C=O) groups excluding carboxylic acids is 1. The predicted octanol–water partition coefficient (Wildman–Crippen LogP) is 1.90. The van der Waals surface area contributed by atoms with E-state index in [0.717, 1.165) is 6.42 Å². The van der Waals surface area contributed by atoms with E-state index in [1.165, 1.54) is 18.2 Å². The van der Waals surface area contributed by atoms with Crippen molar-refractivity contribution in [2.45, 2.75) is 19.4 Å². The number of hydrogen-bond donors (Lipinski definition) is 1. The van der Waals surface area contributed by atoms with Crippen LogP contribution in [0.1, 0.15) is 23.7 Å². The van der Waals surface area contributed by atoms with Crippen LogP contribution in [0.25, 0.3) is 0 Å². The summed E-state index contributed by atoms with van der Waals surface area (Å²) in [6.45, 7) is 3.23. The molecule has 2 unspecified atom stereocenters. The lowest BCUT2D eigenvalue weighted by molar-refractivity contribution is -0.00172. The van der Waals surface area contributed by atoms with Crippen molar-refractivity contribution in [1.82, 2.24) is 4.90 Å². The number of methoxy groups -OCH3 is 1. The summed E-state index contributed by atoms with van der Waals surface area (Å²) in [5, 5.41) is 0. The molecule has 0 spiro atoms. The van der Waals surface area contributed by atoms with E-state index in [1.807, 2.05) is 0 Å². The van der Waals surface area contributed by atoms with Gasteiger partial charge in [-0.1, -0.05) is 6.92 Å². The minimum atomic E-state index is -0.572. The second-order valence-electron chi connectivity index (χ2n) is 5.03. The molecule has 2 N–H and O–H groups in total. The Hall–Kier alpha value is -1.62. The summed E-state index contributed by atoms with van der Waals surface area (Å²) in [5.41, 5.74) is 5.87. The Bertz CT molecular complexity index is 479. The molecule has 0 radical (unpaired) electrons. The molecule has 5 heteroatoms. The number of nitrogen functional groups attached to an aromatic ring is 1. The van der Waals surface area contributed by atoms with Crippen molar-refractivity contribution in [1.29, 1.82) is 0 Å². The zero-order chi connectivity index (χ0) is 14.0. The second-order valence-corrected chi connectivity index (χ2v) is 5.03. The molecule has 104 valence electrons. The first-order chi connectivity index (χ1) is 9.02. The van der Waals surface area contributed by atoms with Crippen LogP contribution in [-0.4, -0.2) is 37.1 Å². The molecule has 1 saturated heterocycles. The van der Waals surface area contributed by atoms with Gasteiger partial charge in [-0.05, 0) is 30.5 Å². The van der Waals surface area contributed by atoms with E-state index in [9.17, 15) is 9.18 Å². The third-order valence-electron chi connectivity index (χ3n) is 3.70. The van der Waals surface area contributed by atoms with Gasteiger partial charge < -0.3 is 15.4 Å². The lowest BCUT2D eigenvalue weighted by atomic mass is 9.95. The zero-order valence-corrected chi connectivity index (χ0v) is 11.2. The maximum absolute atomic E-state index is 13.8. The minimum absolute atomic E-state index is 0.00884. The summed E-state index contributed by atoms with van der Waals surface area (Å²) in [5.74, 6) is -0.464. The van der Waals surface area contributed by atoms with Gasteiger partial charge >= 0.3 is 0 Å². The summed E-state index contributed by atoms with van der Waals surface area (Å²) in [6.07, 6.45) is 0.871. The Morgan fingerprint density at radius 3 is 2.89 bits per heavy atom. The standard InChI is InChI=1S/C14H19FN2O2/c1-9-5-6-17(8-13(9)19-2)14(18)11-4-3-10(16)7-12(11)15/h3-4,7,9,13H,5-6,8,16H2,1-2H3. The molecule has 1 fully saturated rings. The number of nitrogens with zero attached hydrogens (tertiary/aromatic N) is 1. The largest absolute Gasteiger partial charge is 0.399 e. The highest BCUT2D eigenvalue weighted by molar-refractivity contribution is 5.95. The predicted molar refractivity (Wildman–Crippen MR) is 71.3 cm³/mol. The summed E-state index contributed by atoms with van der Waals surface area (Å²) >= 11 is 0. The second kappa shape index (κ2) is 5.57. The van der Waals surface area contributed by atoms with Gasteiger partial charge in [0, 0.05) is 25.9 Å². The van der Waals surface area contributed by atoms with Crippen LogP contribution in [-0.2, 0) is 4.74 Å². The maximum atomic E-state index is 13.8. The molecular weight excluding hydrogens is 247 g/mol. The van der Waals surface area contributed by atoms with E-state index in [2.05, 4.69) is 6.92 Å². The number of hydrogen-bond acceptors (Lipinski definition) is 3. The van der Waals surface area contributed by atoms with Crippen molar-refractivity contribution in [3.63, 3.8) is 0 Å². The first-order valence-corrected chi connectivity index (χ1v) is 6.40. The number of amides is 1. The number of piperidine rings is 1. The topological polar surface area (TPSA) is 55.6 Å². The first-order valence-electron chi connectivity index (χ1n) is 6.40. The van der Waals surface area contributed by atoms with Crippen LogP contribution < -0.4 is 5.73 Å². The number of benzene rings is 1. The van der Waals surface area contributed by atoms with Crippen molar-refractivity contribution >= 4 is 11.6 Å². The van der Waals surface area contributed by atoms with Gasteiger partial charge in [-0.2, -0.15) is 0 Å². The molecule has 1 aliphatic rings. The number of rotatable bonds is 2. The zero-order valence-electron chi connectivity index (χ0n) is 11.2. The Kier molecular flexibility index (Phi) is 4.04. The molecule has 0 aromatic heterocycles. The molecule has 1 heterocycles. The molecule has 2 rings (SSSR count). The Morgan fingerprint density at radius 1 is 1.53 bits per heavy atom. The summed E-state index contributed by atoms with van der Waals surface area (Å²) in [4.78, 5) is 13.9. The fourth-order valence-electron chi connectivity index (χ4n) is 2.40. The molecule has 1 aromatic carbocycles. The van der Waals surface area contributed by atoms with Crippen LogP contribution in [0, 0.1) is 11.7 Å². The van der Waals surface area contributed by atoms with Gasteiger partial charge in [0.05, 0.1) is 11.7 Å². The molecule has 0 saturated carbocycles.